The van der Waals surface area contributed by atoms with Crippen LogP contribution in [0.25, 0.3) is 17.2 Å². The van der Waals surface area contributed by atoms with Crippen molar-refractivity contribution in [3.63, 3.8) is 0 Å². The molecule has 1 aliphatic heterocycles. The van der Waals surface area contributed by atoms with Gasteiger partial charge in [-0.25, -0.2) is 17.5 Å². The molecule has 4 unspecified atom stereocenters. The highest BCUT2D eigenvalue weighted by molar-refractivity contribution is 7.89. The van der Waals surface area contributed by atoms with Gasteiger partial charge in [-0.3, -0.25) is 14.6 Å². The maximum atomic E-state index is 13.6. The second-order valence-electron chi connectivity index (χ2n) is 10.6. The van der Waals surface area contributed by atoms with E-state index >= 15 is 0 Å². The predicted octanol–water partition coefficient (Wildman–Crippen LogP) is 3.80. The van der Waals surface area contributed by atoms with Gasteiger partial charge in [0.1, 0.15) is 11.9 Å². The molecule has 0 radical (unpaired) electrons. The molecule has 210 valence electrons. The number of sulfonamides is 1. The standard InChI is InChI=1S/C29H36FN3O5S/c1-5-39(36,37)33-14-13-31-27(34)29-16-18(2)19(3)25(26(29)20(4)38-28(29)35)12-11-24-10-9-22(17-32-24)21-7-6-8-23(30)15-21/h6-12,15,17-20,25-26,33H,5,13-14,16H2,1-4H3,(H,31,34)/b12-11+/t18?,19?,20-,25?,26?,29-/m1/s1. The molecule has 1 aromatic carbocycles. The predicted molar refractivity (Wildman–Crippen MR) is 147 cm³/mol. The minimum absolute atomic E-state index is 0.0415. The van der Waals surface area contributed by atoms with Gasteiger partial charge in [0, 0.05) is 30.8 Å². The molecular weight excluding hydrogens is 521 g/mol. The number of esters is 1. The van der Waals surface area contributed by atoms with Crippen molar-refractivity contribution in [2.24, 2.45) is 29.1 Å². The van der Waals surface area contributed by atoms with Gasteiger partial charge in [0.25, 0.3) is 0 Å². The number of halogens is 1. The number of hydrogen-bond acceptors (Lipinski definition) is 6. The molecule has 10 heteroatoms. The Morgan fingerprint density at radius 2 is 1.95 bits per heavy atom. The molecule has 0 bridgehead atoms. The van der Waals surface area contributed by atoms with Crippen LogP contribution in [-0.4, -0.2) is 50.2 Å². The number of nitrogens with zero attached hydrogens (tertiary/aromatic N) is 1. The molecule has 2 aliphatic rings. The average molecular weight is 558 g/mol. The number of pyridine rings is 1. The maximum Gasteiger partial charge on any atom is 0.322 e. The quantitative estimate of drug-likeness (QED) is 0.275. The number of ether oxygens (including phenoxy) is 1. The Balaban J connectivity index is 1.55. The van der Waals surface area contributed by atoms with E-state index in [1.54, 1.807) is 12.3 Å². The monoisotopic (exact) mass is 557 g/mol. The molecule has 1 aliphatic carbocycles. The average Bonchev–Trinajstić information content (AvgIpc) is 3.16. The minimum Gasteiger partial charge on any atom is -0.461 e. The zero-order valence-corrected chi connectivity index (χ0v) is 23.5. The second-order valence-corrected chi connectivity index (χ2v) is 12.7. The molecule has 1 saturated carbocycles. The van der Waals surface area contributed by atoms with Gasteiger partial charge >= 0.3 is 5.97 Å². The lowest BCUT2D eigenvalue weighted by molar-refractivity contribution is -0.157. The van der Waals surface area contributed by atoms with Crippen LogP contribution in [0.1, 0.15) is 39.8 Å². The first-order valence-corrected chi connectivity index (χ1v) is 15.0. The Hall–Kier alpha value is -3.11. The number of hydrogen-bond donors (Lipinski definition) is 2. The summed E-state index contributed by atoms with van der Waals surface area (Å²) >= 11 is 0. The lowest BCUT2D eigenvalue weighted by Gasteiger charge is -2.46. The fourth-order valence-electron chi connectivity index (χ4n) is 5.97. The molecule has 6 atom stereocenters. The summed E-state index contributed by atoms with van der Waals surface area (Å²) in [4.78, 5) is 31.3. The Morgan fingerprint density at radius 3 is 2.62 bits per heavy atom. The number of fused-ring (bicyclic) bond motifs is 1. The third-order valence-corrected chi connectivity index (χ3v) is 9.65. The van der Waals surface area contributed by atoms with Gasteiger partial charge in [-0.15, -0.1) is 0 Å². The summed E-state index contributed by atoms with van der Waals surface area (Å²) in [6.07, 6.45) is 5.50. The summed E-state index contributed by atoms with van der Waals surface area (Å²) < 4.78 is 45.1. The van der Waals surface area contributed by atoms with E-state index in [-0.39, 0.29) is 48.3 Å². The van der Waals surface area contributed by atoms with E-state index in [0.29, 0.717) is 12.1 Å². The van der Waals surface area contributed by atoms with E-state index in [0.717, 1.165) is 11.1 Å². The Kier molecular flexibility index (Phi) is 8.56. The Labute approximate surface area is 229 Å². The van der Waals surface area contributed by atoms with E-state index in [2.05, 4.69) is 21.9 Å². The maximum absolute atomic E-state index is 13.6. The molecule has 2 fully saturated rings. The largest absolute Gasteiger partial charge is 0.461 e. The Bertz CT molecular complexity index is 1350. The smallest absolute Gasteiger partial charge is 0.322 e. The summed E-state index contributed by atoms with van der Waals surface area (Å²) in [5.74, 6) is -1.60. The summed E-state index contributed by atoms with van der Waals surface area (Å²) in [5, 5.41) is 2.79. The Morgan fingerprint density at radius 1 is 1.18 bits per heavy atom. The molecular formula is C29H36FN3O5S. The van der Waals surface area contributed by atoms with Gasteiger partial charge < -0.3 is 10.1 Å². The third kappa shape index (κ3) is 5.91. The lowest BCUT2D eigenvalue weighted by atomic mass is 9.54. The number of rotatable bonds is 9. The van der Waals surface area contributed by atoms with Crippen molar-refractivity contribution < 1.29 is 27.1 Å². The highest BCUT2D eigenvalue weighted by Gasteiger charge is 2.66. The van der Waals surface area contributed by atoms with Crippen molar-refractivity contribution in [3.05, 3.63) is 60.2 Å². The number of carbonyl (C=O) groups is 2. The zero-order valence-electron chi connectivity index (χ0n) is 22.7. The number of nitrogens with one attached hydrogen (secondary N) is 2. The zero-order chi connectivity index (χ0) is 28.4. The number of amides is 1. The molecule has 8 nitrogen and oxygen atoms in total. The lowest BCUT2D eigenvalue weighted by Crippen LogP contribution is -2.56. The van der Waals surface area contributed by atoms with Crippen LogP contribution in [0.15, 0.2) is 48.7 Å². The van der Waals surface area contributed by atoms with Crippen molar-refractivity contribution in [1.82, 2.24) is 15.0 Å². The molecule has 4 rings (SSSR count). The minimum atomic E-state index is -3.38. The third-order valence-electron chi connectivity index (χ3n) is 8.25. The second kappa shape index (κ2) is 11.6. The van der Waals surface area contributed by atoms with Crippen LogP contribution in [0.4, 0.5) is 4.39 Å². The van der Waals surface area contributed by atoms with E-state index in [1.807, 2.05) is 44.2 Å². The SMILES string of the molecule is CCS(=O)(=O)NCCNC(=O)[C@@]12CC(C)C(C)C(/C=C/c3ccc(-c4cccc(F)c4)cn3)C1[C@@H](C)OC2=O. The first-order chi connectivity index (χ1) is 18.5. The van der Waals surface area contributed by atoms with E-state index < -0.39 is 33.4 Å². The van der Waals surface area contributed by atoms with Crippen molar-refractivity contribution in [1.29, 1.82) is 0 Å². The van der Waals surface area contributed by atoms with Crippen molar-refractivity contribution in [3.8, 4) is 11.1 Å². The van der Waals surface area contributed by atoms with Crippen LogP contribution in [0.3, 0.4) is 0 Å². The van der Waals surface area contributed by atoms with Gasteiger partial charge in [-0.1, -0.05) is 38.1 Å². The molecule has 1 aromatic heterocycles. The number of carbonyl (C=O) groups excluding carboxylic acids is 2. The van der Waals surface area contributed by atoms with Gasteiger partial charge in [-0.2, -0.15) is 0 Å². The van der Waals surface area contributed by atoms with Gasteiger partial charge in [0.05, 0.1) is 11.4 Å². The van der Waals surface area contributed by atoms with Gasteiger partial charge in [0.15, 0.2) is 5.41 Å². The normalized spacial score (nSPS) is 28.7. The molecule has 2 aromatic rings. The van der Waals surface area contributed by atoms with Crippen LogP contribution in [0.5, 0.6) is 0 Å². The van der Waals surface area contributed by atoms with Crippen molar-refractivity contribution in [2.75, 3.05) is 18.8 Å². The fraction of sp³-hybridized carbons (Fsp3) is 0.483. The molecule has 39 heavy (non-hydrogen) atoms. The van der Waals surface area contributed by atoms with E-state index in [9.17, 15) is 22.4 Å². The van der Waals surface area contributed by atoms with Crippen LogP contribution in [-0.2, 0) is 24.3 Å². The van der Waals surface area contributed by atoms with Crippen LogP contribution >= 0.6 is 0 Å². The molecule has 1 amide bonds. The highest BCUT2D eigenvalue weighted by Crippen LogP contribution is 2.56. The summed E-state index contributed by atoms with van der Waals surface area (Å²) in [7, 11) is -3.38. The van der Waals surface area contributed by atoms with Crippen LogP contribution in [0.2, 0.25) is 0 Å². The fourth-order valence-corrected chi connectivity index (χ4v) is 6.59. The molecule has 0 spiro atoms. The van der Waals surface area contributed by atoms with Gasteiger partial charge in [0.2, 0.25) is 15.9 Å². The number of cyclic esters (lactones) is 1. The number of allylic oxidation sites excluding steroid dienone is 1. The molecule has 1 saturated heterocycles. The van der Waals surface area contributed by atoms with E-state index in [1.165, 1.54) is 19.1 Å². The molecule has 2 N–H and O–H groups in total. The summed E-state index contributed by atoms with van der Waals surface area (Å²) in [6.45, 7) is 7.63. The summed E-state index contributed by atoms with van der Waals surface area (Å²) in [5.41, 5.74) is 0.892. The first-order valence-electron chi connectivity index (χ1n) is 13.4. The molecule has 2 heterocycles. The number of benzene rings is 1. The van der Waals surface area contributed by atoms with Gasteiger partial charge in [-0.05, 0) is 67.9 Å². The number of aromatic nitrogens is 1. The summed E-state index contributed by atoms with van der Waals surface area (Å²) in [6, 6.07) is 10.1. The van der Waals surface area contributed by atoms with Crippen LogP contribution < -0.4 is 10.0 Å². The topological polar surface area (TPSA) is 114 Å². The van der Waals surface area contributed by atoms with Crippen LogP contribution in [0, 0.1) is 34.9 Å². The highest BCUT2D eigenvalue weighted by atomic mass is 32.2. The van der Waals surface area contributed by atoms with Crippen molar-refractivity contribution >= 4 is 28.0 Å². The van der Waals surface area contributed by atoms with E-state index in [4.69, 9.17) is 4.74 Å². The first kappa shape index (κ1) is 28.9. The van der Waals surface area contributed by atoms with Crippen molar-refractivity contribution in [2.45, 2.75) is 40.2 Å².